The molecule has 0 spiro atoms. The van der Waals surface area contributed by atoms with E-state index in [1.807, 2.05) is 19.1 Å². The molecule has 1 aromatic rings. The van der Waals surface area contributed by atoms with Crippen LogP contribution in [-0.2, 0) is 14.3 Å². The van der Waals surface area contributed by atoms with Gasteiger partial charge in [-0.3, -0.25) is 4.79 Å². The van der Waals surface area contributed by atoms with Gasteiger partial charge in [-0.15, -0.1) is 11.6 Å². The van der Waals surface area contributed by atoms with E-state index in [-0.39, 0.29) is 29.3 Å². The first-order chi connectivity index (χ1) is 13.6. The van der Waals surface area contributed by atoms with E-state index in [1.165, 1.54) is 0 Å². The summed E-state index contributed by atoms with van der Waals surface area (Å²) in [6, 6.07) is 9.49. The third-order valence-electron chi connectivity index (χ3n) is 5.60. The van der Waals surface area contributed by atoms with Gasteiger partial charge in [-0.25, -0.2) is 0 Å². The average Bonchev–Trinajstić information content (AvgIpc) is 2.71. The zero-order chi connectivity index (χ0) is 19.9. The zero-order valence-electron chi connectivity index (χ0n) is 16.2. The van der Waals surface area contributed by atoms with Crippen LogP contribution in [0.5, 0.6) is 0 Å². The molecule has 0 radical (unpaired) electrons. The number of benzene rings is 1. The van der Waals surface area contributed by atoms with Crippen LogP contribution >= 0.6 is 11.6 Å². The predicted molar refractivity (Wildman–Crippen MR) is 108 cm³/mol. The molecule has 1 amide bonds. The topological polar surface area (TPSA) is 83.4 Å². The van der Waals surface area contributed by atoms with Crippen LogP contribution in [0.4, 0.5) is 5.69 Å². The van der Waals surface area contributed by atoms with Crippen molar-refractivity contribution in [3.05, 3.63) is 29.8 Å². The molecule has 152 valence electrons. The van der Waals surface area contributed by atoms with Gasteiger partial charge in [0.2, 0.25) is 5.91 Å². The minimum Gasteiger partial charge on any atom is -0.384 e. The molecule has 1 aromatic carbocycles. The average molecular weight is 406 g/mol. The van der Waals surface area contributed by atoms with E-state index < -0.39 is 0 Å². The quantitative estimate of drug-likeness (QED) is 0.513. The number of alkyl halides is 1. The molecule has 1 saturated heterocycles. The highest BCUT2D eigenvalue weighted by Crippen LogP contribution is 2.37. The van der Waals surface area contributed by atoms with Crippen LogP contribution in [0.3, 0.4) is 0 Å². The van der Waals surface area contributed by atoms with Crippen molar-refractivity contribution in [2.45, 2.75) is 43.7 Å². The van der Waals surface area contributed by atoms with Gasteiger partial charge in [-0.2, -0.15) is 5.26 Å². The summed E-state index contributed by atoms with van der Waals surface area (Å²) >= 11 is 6.58. The van der Waals surface area contributed by atoms with Gasteiger partial charge < -0.3 is 20.1 Å². The summed E-state index contributed by atoms with van der Waals surface area (Å²) in [4.78, 5) is 12.6. The van der Waals surface area contributed by atoms with Gasteiger partial charge in [-0.05, 0) is 56.4 Å². The van der Waals surface area contributed by atoms with E-state index >= 15 is 0 Å². The number of carbonyl (C=O) groups is 1. The molecule has 1 saturated carbocycles. The SMILES string of the molecule is CCOCCOC1CC2NC(=O)C(CNc3ccc(C#N)cc3)CC2CC1Cl. The van der Waals surface area contributed by atoms with Crippen LogP contribution in [-0.4, -0.2) is 49.8 Å². The largest absolute Gasteiger partial charge is 0.384 e. The van der Waals surface area contributed by atoms with Gasteiger partial charge in [0.15, 0.2) is 0 Å². The number of hydrogen-bond acceptors (Lipinski definition) is 5. The third kappa shape index (κ3) is 5.38. The van der Waals surface area contributed by atoms with E-state index in [9.17, 15) is 4.79 Å². The van der Waals surface area contributed by atoms with E-state index in [4.69, 9.17) is 26.3 Å². The van der Waals surface area contributed by atoms with Crippen molar-refractivity contribution in [1.82, 2.24) is 5.32 Å². The molecule has 7 heteroatoms. The molecule has 5 unspecified atom stereocenters. The van der Waals surface area contributed by atoms with Gasteiger partial charge in [0.05, 0.1) is 42.2 Å². The van der Waals surface area contributed by atoms with Crippen LogP contribution in [0.2, 0.25) is 0 Å². The third-order valence-corrected chi connectivity index (χ3v) is 6.06. The van der Waals surface area contributed by atoms with E-state index in [0.717, 1.165) is 24.9 Å². The summed E-state index contributed by atoms with van der Waals surface area (Å²) in [6.07, 6.45) is 2.39. The summed E-state index contributed by atoms with van der Waals surface area (Å²) in [7, 11) is 0. The molecule has 2 aliphatic rings. The number of nitrogens with one attached hydrogen (secondary N) is 2. The predicted octanol–water partition coefficient (Wildman–Crippen LogP) is 2.91. The minimum absolute atomic E-state index is 0.0370. The molecule has 1 aliphatic heterocycles. The molecule has 0 bridgehead atoms. The van der Waals surface area contributed by atoms with Gasteiger partial charge in [0, 0.05) is 24.9 Å². The summed E-state index contributed by atoms with van der Waals surface area (Å²) in [5.41, 5.74) is 1.53. The Morgan fingerprint density at radius 2 is 2.04 bits per heavy atom. The summed E-state index contributed by atoms with van der Waals surface area (Å²) < 4.78 is 11.2. The van der Waals surface area contributed by atoms with Gasteiger partial charge in [-0.1, -0.05) is 0 Å². The Labute approximate surface area is 171 Å². The fourth-order valence-corrected chi connectivity index (χ4v) is 4.47. The standard InChI is InChI=1S/C21H28ClN3O3/c1-2-27-7-8-28-20-11-19-15(10-18(20)22)9-16(21(26)25-19)13-24-17-5-3-14(12-23)4-6-17/h3-6,15-16,18-20,24H,2,7-11,13H2,1H3,(H,25,26). The second-order valence-electron chi connectivity index (χ2n) is 7.47. The Morgan fingerprint density at radius 1 is 1.25 bits per heavy atom. The minimum atomic E-state index is -0.0869. The molecular formula is C21H28ClN3O3. The van der Waals surface area contributed by atoms with Crippen LogP contribution in [0.25, 0.3) is 0 Å². The summed E-state index contributed by atoms with van der Waals surface area (Å²) in [5.74, 6) is 0.374. The maximum atomic E-state index is 12.6. The second kappa shape index (κ2) is 10.1. The smallest absolute Gasteiger partial charge is 0.225 e. The summed E-state index contributed by atoms with van der Waals surface area (Å²) in [6.45, 7) is 4.31. The Balaban J connectivity index is 1.49. The molecule has 5 atom stereocenters. The Bertz CT molecular complexity index is 691. The first-order valence-electron chi connectivity index (χ1n) is 9.98. The van der Waals surface area contributed by atoms with Crippen molar-refractivity contribution < 1.29 is 14.3 Å². The fourth-order valence-electron chi connectivity index (χ4n) is 4.06. The van der Waals surface area contributed by atoms with Gasteiger partial charge in [0.25, 0.3) is 0 Å². The Kier molecular flexibility index (Phi) is 7.55. The van der Waals surface area contributed by atoms with Crippen molar-refractivity contribution >= 4 is 23.2 Å². The first-order valence-corrected chi connectivity index (χ1v) is 10.4. The van der Waals surface area contributed by atoms with E-state index in [0.29, 0.717) is 37.8 Å². The highest BCUT2D eigenvalue weighted by molar-refractivity contribution is 6.21. The molecular weight excluding hydrogens is 378 g/mol. The second-order valence-corrected chi connectivity index (χ2v) is 8.03. The maximum Gasteiger partial charge on any atom is 0.225 e. The number of halogens is 1. The lowest BCUT2D eigenvalue weighted by Crippen LogP contribution is -2.56. The van der Waals surface area contributed by atoms with Crippen molar-refractivity contribution in [2.75, 3.05) is 31.7 Å². The molecule has 1 heterocycles. The van der Waals surface area contributed by atoms with Gasteiger partial charge >= 0.3 is 0 Å². The summed E-state index contributed by atoms with van der Waals surface area (Å²) in [5, 5.41) is 15.3. The monoisotopic (exact) mass is 405 g/mol. The zero-order valence-corrected chi connectivity index (χ0v) is 17.0. The van der Waals surface area contributed by atoms with E-state index in [1.54, 1.807) is 12.1 Å². The van der Waals surface area contributed by atoms with E-state index in [2.05, 4.69) is 16.7 Å². The molecule has 1 aliphatic carbocycles. The van der Waals surface area contributed by atoms with Crippen molar-refractivity contribution in [3.8, 4) is 6.07 Å². The molecule has 0 aromatic heterocycles. The lowest BCUT2D eigenvalue weighted by Gasteiger charge is -2.44. The lowest BCUT2D eigenvalue weighted by atomic mass is 9.74. The van der Waals surface area contributed by atoms with Crippen LogP contribution in [0.15, 0.2) is 24.3 Å². The molecule has 3 rings (SSSR count). The van der Waals surface area contributed by atoms with Crippen LogP contribution in [0, 0.1) is 23.2 Å². The number of anilines is 1. The lowest BCUT2D eigenvalue weighted by molar-refractivity contribution is -0.130. The highest BCUT2D eigenvalue weighted by Gasteiger charge is 2.42. The number of ether oxygens (including phenoxy) is 2. The molecule has 28 heavy (non-hydrogen) atoms. The number of amides is 1. The number of piperidine rings is 1. The van der Waals surface area contributed by atoms with Crippen LogP contribution < -0.4 is 10.6 Å². The molecule has 2 fully saturated rings. The fraction of sp³-hybridized carbons (Fsp3) is 0.619. The number of carbonyl (C=O) groups excluding carboxylic acids is 1. The van der Waals surface area contributed by atoms with Crippen molar-refractivity contribution in [2.24, 2.45) is 11.8 Å². The number of nitriles is 1. The number of rotatable bonds is 8. The molecule has 2 N–H and O–H groups in total. The Hall–Kier alpha value is -1.81. The number of hydrogen-bond donors (Lipinski definition) is 2. The van der Waals surface area contributed by atoms with Gasteiger partial charge in [0.1, 0.15) is 0 Å². The normalized spacial score (nSPS) is 29.5. The first kappa shape index (κ1) is 20.9. The highest BCUT2D eigenvalue weighted by atomic mass is 35.5. The number of nitrogens with zero attached hydrogens (tertiary/aromatic N) is 1. The van der Waals surface area contributed by atoms with Crippen LogP contribution in [0.1, 0.15) is 31.7 Å². The van der Waals surface area contributed by atoms with Crippen molar-refractivity contribution in [1.29, 1.82) is 5.26 Å². The van der Waals surface area contributed by atoms with Crippen molar-refractivity contribution in [3.63, 3.8) is 0 Å². The maximum absolute atomic E-state index is 12.6. The number of fused-ring (bicyclic) bond motifs is 1. The Morgan fingerprint density at radius 3 is 2.75 bits per heavy atom. The molecule has 6 nitrogen and oxygen atoms in total.